The minimum absolute atomic E-state index is 0.0197. The van der Waals surface area contributed by atoms with E-state index in [9.17, 15) is 22.8 Å². The summed E-state index contributed by atoms with van der Waals surface area (Å²) in [6.07, 6.45) is -2.38. The van der Waals surface area contributed by atoms with E-state index in [0.29, 0.717) is 10.5 Å². The number of halogens is 3. The first kappa shape index (κ1) is 15.9. The third kappa shape index (κ3) is 2.80. The van der Waals surface area contributed by atoms with Crippen LogP contribution in [-0.2, 0) is 16.1 Å². The second-order valence-corrected chi connectivity index (χ2v) is 5.17. The third-order valence-electron chi connectivity index (χ3n) is 3.60. The molecule has 0 radical (unpaired) electrons. The molecule has 24 heavy (non-hydrogen) atoms. The van der Waals surface area contributed by atoms with Gasteiger partial charge >= 0.3 is 6.18 Å². The molecule has 0 aliphatic carbocycles. The van der Waals surface area contributed by atoms with Gasteiger partial charge in [0.1, 0.15) is 5.57 Å². The summed E-state index contributed by atoms with van der Waals surface area (Å²) in [5.74, 6) is -2.29. The molecule has 0 N–H and O–H groups in total. The number of pyridine rings is 1. The highest BCUT2D eigenvalue weighted by Gasteiger charge is 2.51. The number of aromatic nitrogens is 1. The molecule has 122 valence electrons. The number of amides is 2. The molecule has 0 atom stereocenters. The van der Waals surface area contributed by atoms with Crippen LogP contribution in [0.2, 0.25) is 0 Å². The summed E-state index contributed by atoms with van der Waals surface area (Å²) in [5, 5.41) is 0. The van der Waals surface area contributed by atoms with Crippen LogP contribution in [0.4, 0.5) is 13.2 Å². The molecule has 0 unspecified atom stereocenters. The zero-order valence-electron chi connectivity index (χ0n) is 12.2. The number of alkyl halides is 3. The lowest BCUT2D eigenvalue weighted by Gasteiger charge is -2.15. The minimum atomic E-state index is -4.92. The van der Waals surface area contributed by atoms with Crippen LogP contribution in [0.1, 0.15) is 11.1 Å². The zero-order valence-corrected chi connectivity index (χ0v) is 12.2. The van der Waals surface area contributed by atoms with E-state index in [1.165, 1.54) is 24.5 Å². The number of benzene rings is 1. The van der Waals surface area contributed by atoms with Crippen molar-refractivity contribution >= 4 is 17.4 Å². The van der Waals surface area contributed by atoms with Gasteiger partial charge in [-0.1, -0.05) is 30.3 Å². The Labute approximate surface area is 135 Å². The Balaban J connectivity index is 2.05. The van der Waals surface area contributed by atoms with Gasteiger partial charge in [-0.3, -0.25) is 19.5 Å². The van der Waals surface area contributed by atoms with Crippen LogP contribution < -0.4 is 0 Å². The van der Waals surface area contributed by atoms with Gasteiger partial charge in [-0.25, -0.2) is 0 Å². The predicted molar refractivity (Wildman–Crippen MR) is 79.2 cm³/mol. The molecule has 2 heterocycles. The van der Waals surface area contributed by atoms with Gasteiger partial charge < -0.3 is 0 Å². The quantitative estimate of drug-likeness (QED) is 0.812. The number of nitrogens with zero attached hydrogens (tertiary/aromatic N) is 2. The first-order valence-electron chi connectivity index (χ1n) is 7.01. The van der Waals surface area contributed by atoms with Crippen LogP contribution in [0.25, 0.3) is 5.57 Å². The molecule has 1 aliphatic heterocycles. The maximum Gasteiger partial charge on any atom is 0.422 e. The van der Waals surface area contributed by atoms with Gasteiger partial charge in [-0.05, 0) is 23.3 Å². The van der Waals surface area contributed by atoms with E-state index in [2.05, 4.69) is 4.98 Å². The SMILES string of the molecule is O=C1C(c2ccncc2)=C(C(F)(F)F)C(=O)N1Cc1ccccc1. The van der Waals surface area contributed by atoms with Crippen molar-refractivity contribution in [3.63, 3.8) is 0 Å². The van der Waals surface area contributed by atoms with Crippen LogP contribution in [0.15, 0.2) is 60.4 Å². The van der Waals surface area contributed by atoms with Crippen LogP contribution in [0, 0.1) is 0 Å². The van der Waals surface area contributed by atoms with Gasteiger partial charge in [0.15, 0.2) is 0 Å². The average molecular weight is 332 g/mol. The molecule has 1 aliphatic rings. The summed E-state index contributed by atoms with van der Waals surface area (Å²) in [6, 6.07) is 10.9. The monoisotopic (exact) mass is 332 g/mol. The summed E-state index contributed by atoms with van der Waals surface area (Å²) in [6.45, 7) is -0.216. The molecule has 2 aromatic rings. The van der Waals surface area contributed by atoms with E-state index in [-0.39, 0.29) is 12.1 Å². The Morgan fingerprint density at radius 2 is 1.54 bits per heavy atom. The van der Waals surface area contributed by atoms with Gasteiger partial charge in [0.05, 0.1) is 12.1 Å². The van der Waals surface area contributed by atoms with Crippen molar-refractivity contribution in [1.29, 1.82) is 0 Å². The fourth-order valence-corrected chi connectivity index (χ4v) is 2.53. The lowest BCUT2D eigenvalue weighted by Crippen LogP contribution is -2.33. The highest BCUT2D eigenvalue weighted by atomic mass is 19.4. The topological polar surface area (TPSA) is 50.3 Å². The normalized spacial score (nSPS) is 15.4. The standard InChI is InChI=1S/C17H11F3N2O2/c18-17(19,20)14-13(12-6-8-21-9-7-12)15(23)22(16(14)24)10-11-4-2-1-3-5-11/h1-9H,10H2. The molecule has 0 spiro atoms. The Hall–Kier alpha value is -2.96. The van der Waals surface area contributed by atoms with Crippen molar-refractivity contribution in [3.05, 3.63) is 71.6 Å². The third-order valence-corrected chi connectivity index (χ3v) is 3.60. The van der Waals surface area contributed by atoms with Crippen molar-refractivity contribution < 1.29 is 22.8 Å². The van der Waals surface area contributed by atoms with E-state index < -0.39 is 29.1 Å². The Bertz CT molecular complexity index is 815. The molecule has 0 bridgehead atoms. The molecule has 1 aromatic carbocycles. The highest BCUT2D eigenvalue weighted by molar-refractivity contribution is 6.36. The van der Waals surface area contributed by atoms with Gasteiger partial charge in [-0.2, -0.15) is 13.2 Å². The van der Waals surface area contributed by atoms with Crippen LogP contribution >= 0.6 is 0 Å². The molecule has 0 saturated carbocycles. The predicted octanol–water partition coefficient (Wildman–Crippen LogP) is 2.97. The molecule has 0 saturated heterocycles. The zero-order chi connectivity index (χ0) is 17.3. The number of carbonyl (C=O) groups is 2. The van der Waals surface area contributed by atoms with Crippen LogP contribution in [0.3, 0.4) is 0 Å². The maximum absolute atomic E-state index is 13.4. The molecule has 4 nitrogen and oxygen atoms in total. The smallest absolute Gasteiger partial charge is 0.270 e. The summed E-state index contributed by atoms with van der Waals surface area (Å²) >= 11 is 0. The van der Waals surface area contributed by atoms with Crippen LogP contribution in [-0.4, -0.2) is 27.9 Å². The Morgan fingerprint density at radius 3 is 2.12 bits per heavy atom. The average Bonchev–Trinajstić information content (AvgIpc) is 2.81. The van der Waals surface area contributed by atoms with E-state index in [1.54, 1.807) is 30.3 Å². The van der Waals surface area contributed by atoms with E-state index in [1.807, 2.05) is 0 Å². The summed E-state index contributed by atoms with van der Waals surface area (Å²) in [5.41, 5.74) is -1.48. The lowest BCUT2D eigenvalue weighted by molar-refractivity contribution is -0.142. The fraction of sp³-hybridized carbons (Fsp3) is 0.118. The highest BCUT2D eigenvalue weighted by Crippen LogP contribution is 2.39. The first-order chi connectivity index (χ1) is 11.4. The van der Waals surface area contributed by atoms with Crippen molar-refractivity contribution in [2.75, 3.05) is 0 Å². The molecule has 0 fully saturated rings. The Kier molecular flexibility index (Phi) is 3.92. The number of hydrogen-bond donors (Lipinski definition) is 0. The number of carbonyl (C=O) groups excluding carboxylic acids is 2. The summed E-state index contributed by atoms with van der Waals surface area (Å²) in [7, 11) is 0. The number of rotatable bonds is 3. The molecule has 1 aromatic heterocycles. The van der Waals surface area contributed by atoms with E-state index in [0.717, 1.165) is 0 Å². The van der Waals surface area contributed by atoms with Gasteiger partial charge in [0.25, 0.3) is 11.8 Å². The fourth-order valence-electron chi connectivity index (χ4n) is 2.53. The van der Waals surface area contributed by atoms with Gasteiger partial charge in [0.2, 0.25) is 0 Å². The molecule has 2 amide bonds. The minimum Gasteiger partial charge on any atom is -0.270 e. The largest absolute Gasteiger partial charge is 0.422 e. The molecule has 3 rings (SSSR count). The molecular weight excluding hydrogens is 321 g/mol. The maximum atomic E-state index is 13.4. The number of imide groups is 1. The summed E-state index contributed by atoms with van der Waals surface area (Å²) in [4.78, 5) is 29.1. The van der Waals surface area contributed by atoms with Crippen LogP contribution in [0.5, 0.6) is 0 Å². The Morgan fingerprint density at radius 1 is 0.917 bits per heavy atom. The van der Waals surface area contributed by atoms with E-state index >= 15 is 0 Å². The van der Waals surface area contributed by atoms with Gasteiger partial charge in [-0.15, -0.1) is 0 Å². The second-order valence-electron chi connectivity index (χ2n) is 5.17. The van der Waals surface area contributed by atoms with E-state index in [4.69, 9.17) is 0 Å². The molecule has 7 heteroatoms. The number of hydrogen-bond acceptors (Lipinski definition) is 3. The summed E-state index contributed by atoms with van der Waals surface area (Å²) < 4.78 is 40.1. The lowest BCUT2D eigenvalue weighted by atomic mass is 10.0. The van der Waals surface area contributed by atoms with Gasteiger partial charge in [0, 0.05) is 12.4 Å². The van der Waals surface area contributed by atoms with Crippen molar-refractivity contribution in [3.8, 4) is 0 Å². The second kappa shape index (κ2) is 5.92. The first-order valence-corrected chi connectivity index (χ1v) is 7.01. The van der Waals surface area contributed by atoms with Crippen molar-refractivity contribution in [2.45, 2.75) is 12.7 Å². The van der Waals surface area contributed by atoms with Crippen molar-refractivity contribution in [2.24, 2.45) is 0 Å². The molecular formula is C17H11F3N2O2. The van der Waals surface area contributed by atoms with Crippen molar-refractivity contribution in [1.82, 2.24) is 9.88 Å².